The van der Waals surface area contributed by atoms with Gasteiger partial charge in [0, 0.05) is 37.9 Å². The Balaban J connectivity index is 1.06. The van der Waals surface area contributed by atoms with Crippen LogP contribution in [0.2, 0.25) is 0 Å². The molecule has 0 spiro atoms. The Bertz CT molecular complexity index is 3390. The van der Waals surface area contributed by atoms with Gasteiger partial charge in [0.15, 0.2) is 17.8 Å². The molecule has 0 N–H and O–H groups in total. The molecular weight excluding hydrogens is 629 g/mol. The van der Waals surface area contributed by atoms with Gasteiger partial charge >= 0.3 is 0 Å². The van der Waals surface area contributed by atoms with E-state index in [4.69, 9.17) is 18.8 Å². The molecule has 0 aliphatic rings. The number of furan rings is 1. The number of nitrogens with zero attached hydrogens (tertiary/aromatic N) is 4. The lowest BCUT2D eigenvalue weighted by Crippen LogP contribution is -1.95. The highest BCUT2D eigenvalue weighted by Gasteiger charge is 2.22. The van der Waals surface area contributed by atoms with E-state index in [0.717, 1.165) is 88.3 Å². The minimum absolute atomic E-state index is 0.637. The third-order valence-electron chi connectivity index (χ3n) is 10.5. The van der Waals surface area contributed by atoms with Crippen molar-refractivity contribution in [1.29, 1.82) is 0 Å². The molecule has 12 rings (SSSR count). The third kappa shape index (κ3) is 3.63. The molecule has 51 heavy (non-hydrogen) atoms. The highest BCUT2D eigenvalue weighted by Crippen LogP contribution is 2.44. The summed E-state index contributed by atoms with van der Waals surface area (Å²) in [5, 5.41) is 7.77. The maximum Gasteiger partial charge on any atom is 0.182 e. The molecule has 0 amide bonds. The summed E-state index contributed by atoms with van der Waals surface area (Å²) in [6.07, 6.45) is 1.55. The molecule has 12 aromatic rings. The first kappa shape index (κ1) is 26.9. The van der Waals surface area contributed by atoms with Crippen LogP contribution in [0, 0.1) is 0 Å². The van der Waals surface area contributed by atoms with Gasteiger partial charge in [0.2, 0.25) is 0 Å². The molecule has 6 heteroatoms. The van der Waals surface area contributed by atoms with Crippen LogP contribution in [-0.2, 0) is 0 Å². The Morgan fingerprint density at radius 1 is 0.490 bits per heavy atom. The van der Waals surface area contributed by atoms with Gasteiger partial charge in [-0.3, -0.25) is 0 Å². The maximum atomic E-state index is 6.40. The zero-order valence-corrected chi connectivity index (χ0v) is 27.0. The van der Waals surface area contributed by atoms with Crippen molar-refractivity contribution in [3.63, 3.8) is 0 Å². The Kier molecular flexibility index (Phi) is 5.14. The standard InChI is InChI=1S/C45H24N4O2/c1-4-16-35-30(12-1)41(48-45(47-35)32-15-8-14-29-28-11-3-6-18-39(28)51-43(29)32)27-10-7-9-25(21-27)26-19-20-38-33(22-26)34-23-36-44(50-24-46-36)40-31-13-2-5-17-37(31)49(38)42(34)40/h1-24H. The topological polar surface area (TPSA) is 69.4 Å². The van der Waals surface area contributed by atoms with E-state index < -0.39 is 0 Å². The van der Waals surface area contributed by atoms with Crippen LogP contribution in [0.3, 0.4) is 0 Å². The van der Waals surface area contributed by atoms with Crippen LogP contribution in [0.25, 0.3) is 116 Å². The predicted octanol–water partition coefficient (Wildman–Crippen LogP) is 11.8. The second-order valence-electron chi connectivity index (χ2n) is 13.2. The number of oxazole rings is 1. The zero-order valence-electron chi connectivity index (χ0n) is 27.0. The molecule has 0 saturated heterocycles. The number of para-hydroxylation sites is 4. The van der Waals surface area contributed by atoms with Crippen LogP contribution < -0.4 is 0 Å². The van der Waals surface area contributed by atoms with Crippen molar-refractivity contribution in [2.24, 2.45) is 0 Å². The molecule has 0 fully saturated rings. The number of fused-ring (bicyclic) bond motifs is 12. The number of rotatable bonds is 3. The first-order chi connectivity index (χ1) is 25.3. The zero-order chi connectivity index (χ0) is 33.2. The molecule has 0 bridgehead atoms. The van der Waals surface area contributed by atoms with Crippen molar-refractivity contribution in [2.75, 3.05) is 0 Å². The van der Waals surface area contributed by atoms with Crippen LogP contribution in [-0.4, -0.2) is 19.4 Å². The fourth-order valence-electron chi connectivity index (χ4n) is 8.24. The van der Waals surface area contributed by atoms with Crippen molar-refractivity contribution >= 4 is 82.0 Å². The molecule has 0 unspecified atom stereocenters. The van der Waals surface area contributed by atoms with Gasteiger partial charge in [-0.05, 0) is 59.7 Å². The molecule has 0 saturated carbocycles. The molecule has 0 aliphatic heterocycles. The monoisotopic (exact) mass is 652 g/mol. The molecule has 0 aliphatic carbocycles. The van der Waals surface area contributed by atoms with E-state index in [9.17, 15) is 0 Å². The van der Waals surface area contributed by atoms with Crippen molar-refractivity contribution in [2.45, 2.75) is 0 Å². The van der Waals surface area contributed by atoms with Crippen molar-refractivity contribution in [3.8, 4) is 33.8 Å². The summed E-state index contributed by atoms with van der Waals surface area (Å²) in [5.41, 5.74) is 12.7. The summed E-state index contributed by atoms with van der Waals surface area (Å²) >= 11 is 0. The molecule has 0 atom stereocenters. The van der Waals surface area contributed by atoms with E-state index in [2.05, 4.69) is 113 Å². The van der Waals surface area contributed by atoms with Gasteiger partial charge in [-0.1, -0.05) is 91.0 Å². The molecule has 5 heterocycles. The predicted molar refractivity (Wildman–Crippen MR) is 205 cm³/mol. The van der Waals surface area contributed by atoms with E-state index in [1.165, 1.54) is 21.7 Å². The quantitative estimate of drug-likeness (QED) is 0.190. The Hall–Kier alpha value is -7.05. The first-order valence-corrected chi connectivity index (χ1v) is 17.0. The molecule has 6 nitrogen and oxygen atoms in total. The van der Waals surface area contributed by atoms with Gasteiger partial charge in [0.05, 0.1) is 38.7 Å². The number of aromatic nitrogens is 4. The normalized spacial score (nSPS) is 12.3. The van der Waals surface area contributed by atoms with Gasteiger partial charge in [-0.15, -0.1) is 0 Å². The third-order valence-corrected chi connectivity index (χ3v) is 10.5. The van der Waals surface area contributed by atoms with E-state index >= 15 is 0 Å². The highest BCUT2D eigenvalue weighted by atomic mass is 16.3. The largest absolute Gasteiger partial charge is 0.455 e. The van der Waals surface area contributed by atoms with Crippen LogP contribution in [0.15, 0.2) is 155 Å². The highest BCUT2D eigenvalue weighted by molar-refractivity contribution is 6.30. The Labute approximate surface area is 289 Å². The van der Waals surface area contributed by atoms with Gasteiger partial charge < -0.3 is 13.2 Å². The summed E-state index contributed by atoms with van der Waals surface area (Å²) < 4.78 is 14.7. The van der Waals surface area contributed by atoms with Crippen LogP contribution >= 0.6 is 0 Å². The average Bonchev–Trinajstić information content (AvgIpc) is 3.96. The molecule has 0 radical (unpaired) electrons. The SMILES string of the molecule is c1cc(-c2ccc3c(c2)c2cc4ncoc4c4c5ccccc5n3c24)cc(-c2nc(-c3cccc4c3oc3ccccc34)nc3ccccc23)c1. The molecular formula is C45H24N4O2. The van der Waals surface area contributed by atoms with Crippen LogP contribution in [0.5, 0.6) is 0 Å². The van der Waals surface area contributed by atoms with Crippen LogP contribution in [0.4, 0.5) is 0 Å². The fraction of sp³-hybridized carbons (Fsp3) is 0. The minimum atomic E-state index is 0.637. The van der Waals surface area contributed by atoms with E-state index in [1.54, 1.807) is 6.39 Å². The van der Waals surface area contributed by atoms with Gasteiger partial charge in [0.1, 0.15) is 16.7 Å². The summed E-state index contributed by atoms with van der Waals surface area (Å²) in [7, 11) is 0. The summed E-state index contributed by atoms with van der Waals surface area (Å²) in [4.78, 5) is 14.9. The Morgan fingerprint density at radius 2 is 1.25 bits per heavy atom. The minimum Gasteiger partial charge on any atom is -0.455 e. The van der Waals surface area contributed by atoms with Crippen LogP contribution in [0.1, 0.15) is 0 Å². The van der Waals surface area contributed by atoms with Gasteiger partial charge in [-0.2, -0.15) is 0 Å². The summed E-state index contributed by atoms with van der Waals surface area (Å²) in [5.74, 6) is 0.637. The van der Waals surface area contributed by atoms with Crippen molar-refractivity contribution < 1.29 is 8.83 Å². The smallest absolute Gasteiger partial charge is 0.182 e. The van der Waals surface area contributed by atoms with Gasteiger partial charge in [-0.25, -0.2) is 15.0 Å². The number of benzene rings is 7. The second-order valence-corrected chi connectivity index (χ2v) is 13.2. The lowest BCUT2D eigenvalue weighted by molar-refractivity contribution is 0.605. The van der Waals surface area contributed by atoms with E-state index in [-0.39, 0.29) is 0 Å². The molecule has 7 aromatic carbocycles. The average molecular weight is 653 g/mol. The summed E-state index contributed by atoms with van der Waals surface area (Å²) in [6.45, 7) is 0. The fourth-order valence-corrected chi connectivity index (χ4v) is 8.24. The lowest BCUT2D eigenvalue weighted by atomic mass is 9.98. The lowest BCUT2D eigenvalue weighted by Gasteiger charge is -2.11. The molecule has 5 aromatic heterocycles. The van der Waals surface area contributed by atoms with Gasteiger partial charge in [0.25, 0.3) is 0 Å². The summed E-state index contributed by atoms with van der Waals surface area (Å²) in [6, 6.07) is 48.7. The first-order valence-electron chi connectivity index (χ1n) is 17.0. The Morgan fingerprint density at radius 3 is 2.22 bits per heavy atom. The van der Waals surface area contributed by atoms with Crippen molar-refractivity contribution in [1.82, 2.24) is 19.4 Å². The van der Waals surface area contributed by atoms with E-state index in [1.807, 2.05) is 36.4 Å². The number of hydrogen-bond acceptors (Lipinski definition) is 5. The van der Waals surface area contributed by atoms with E-state index in [0.29, 0.717) is 5.82 Å². The second kappa shape index (κ2) is 9.77. The maximum absolute atomic E-state index is 6.40. The van der Waals surface area contributed by atoms with Crippen molar-refractivity contribution in [3.05, 3.63) is 146 Å². The molecule has 236 valence electrons. The number of hydrogen-bond donors (Lipinski definition) is 0.